The quantitative estimate of drug-likeness (QED) is 0.428. The number of benzene rings is 2. The number of anilines is 1. The summed E-state index contributed by atoms with van der Waals surface area (Å²) in [6.45, 7) is 0. The van der Waals surface area contributed by atoms with E-state index in [9.17, 15) is 18.0 Å². The van der Waals surface area contributed by atoms with Crippen molar-refractivity contribution in [1.82, 2.24) is 4.98 Å². The normalized spacial score (nSPS) is 16.9. The summed E-state index contributed by atoms with van der Waals surface area (Å²) in [6, 6.07) is 5.86. The van der Waals surface area contributed by atoms with Crippen LogP contribution in [0.15, 0.2) is 48.8 Å². The molecule has 1 heterocycles. The van der Waals surface area contributed by atoms with Crippen LogP contribution < -0.4 is 15.8 Å². The number of nitrogens with zero attached hydrogens (tertiary/aromatic N) is 1. The Morgan fingerprint density at radius 3 is 2.29 bits per heavy atom. The number of nitrogens with one attached hydrogen (secondary N) is 1. The van der Waals surface area contributed by atoms with Gasteiger partial charge in [0.25, 0.3) is 5.91 Å². The topological polar surface area (TPSA) is 77.2 Å². The van der Waals surface area contributed by atoms with Gasteiger partial charge >= 0.3 is 0 Å². The number of carbonyl (C=O) groups excluding carboxylic acids is 1. The van der Waals surface area contributed by atoms with E-state index in [2.05, 4.69) is 10.3 Å². The number of carbonyl (C=O) groups is 1. The first-order valence-electron chi connectivity index (χ1n) is 9.96. The summed E-state index contributed by atoms with van der Waals surface area (Å²) in [4.78, 5) is 16.7. The number of pyridine rings is 1. The number of amides is 1. The van der Waals surface area contributed by atoms with Gasteiger partial charge in [0.05, 0.1) is 22.9 Å². The standard InChI is InChI=1S/C23H19F4N3O2.2ClH/c24-13-3-1-4-14(25)20(13)21-15(26)8-7-12(22(21)27)23(31)30-17-11-29-10-9-19(17)32-18-6-2-5-16(18)28;;/h1,3-4,7-11,16,18H,2,5-6,28H2,(H,30,31);2*1H/t16-,18-;;/m0../s1. The predicted molar refractivity (Wildman–Crippen MR) is 125 cm³/mol. The maximum atomic E-state index is 15.1. The SMILES string of the molecule is Cl.Cl.N[C@H]1CCC[C@@H]1Oc1ccncc1NC(=O)c1ccc(F)c(-c2c(F)cccc2F)c1F. The fourth-order valence-corrected chi connectivity index (χ4v) is 3.73. The molecule has 0 spiro atoms. The second-order valence-electron chi connectivity index (χ2n) is 7.46. The van der Waals surface area contributed by atoms with Gasteiger partial charge in [-0.3, -0.25) is 9.78 Å². The zero-order valence-electron chi connectivity index (χ0n) is 17.6. The molecule has 3 N–H and O–H groups in total. The van der Waals surface area contributed by atoms with Crippen LogP contribution in [0.25, 0.3) is 11.1 Å². The van der Waals surface area contributed by atoms with Crippen LogP contribution in [0.3, 0.4) is 0 Å². The Hall–Kier alpha value is -2.88. The Morgan fingerprint density at radius 2 is 1.65 bits per heavy atom. The van der Waals surface area contributed by atoms with Gasteiger partial charge in [-0.2, -0.15) is 0 Å². The molecule has 0 aliphatic heterocycles. The van der Waals surface area contributed by atoms with Crippen molar-refractivity contribution >= 4 is 36.4 Å². The van der Waals surface area contributed by atoms with E-state index in [1.807, 2.05) is 0 Å². The molecule has 1 fully saturated rings. The van der Waals surface area contributed by atoms with Crippen LogP contribution in [-0.4, -0.2) is 23.0 Å². The van der Waals surface area contributed by atoms with Gasteiger partial charge in [-0.1, -0.05) is 6.07 Å². The highest BCUT2D eigenvalue weighted by Gasteiger charge is 2.28. The first kappa shape index (κ1) is 27.4. The number of nitrogens with two attached hydrogens (primary N) is 1. The van der Waals surface area contributed by atoms with Gasteiger partial charge in [0, 0.05) is 18.3 Å². The zero-order valence-corrected chi connectivity index (χ0v) is 19.2. The summed E-state index contributed by atoms with van der Waals surface area (Å²) >= 11 is 0. The number of hydrogen-bond acceptors (Lipinski definition) is 4. The number of halogens is 6. The third-order valence-corrected chi connectivity index (χ3v) is 5.36. The molecule has 1 saturated carbocycles. The fraction of sp³-hybridized carbons (Fsp3) is 0.217. The predicted octanol–water partition coefficient (Wildman–Crippen LogP) is 5.66. The van der Waals surface area contributed by atoms with E-state index >= 15 is 4.39 Å². The molecule has 5 nitrogen and oxygen atoms in total. The maximum absolute atomic E-state index is 15.1. The van der Waals surface area contributed by atoms with E-state index in [0.717, 1.165) is 49.6 Å². The molecule has 0 radical (unpaired) electrons. The molecule has 2 aromatic carbocycles. The van der Waals surface area contributed by atoms with Gasteiger partial charge in [0.15, 0.2) is 0 Å². The summed E-state index contributed by atoms with van der Waals surface area (Å²) in [5, 5.41) is 2.47. The summed E-state index contributed by atoms with van der Waals surface area (Å²) in [5.74, 6) is -5.58. The van der Waals surface area contributed by atoms with Crippen LogP contribution in [0, 0.1) is 23.3 Å². The maximum Gasteiger partial charge on any atom is 0.258 e. The lowest BCUT2D eigenvalue weighted by molar-refractivity contribution is 0.102. The van der Waals surface area contributed by atoms with Crippen molar-refractivity contribution in [2.75, 3.05) is 5.32 Å². The molecule has 3 aromatic rings. The minimum atomic E-state index is -1.39. The molecule has 182 valence electrons. The van der Waals surface area contributed by atoms with E-state index < -0.39 is 45.9 Å². The molecule has 0 bridgehead atoms. The third kappa shape index (κ3) is 5.43. The second-order valence-corrected chi connectivity index (χ2v) is 7.46. The van der Waals surface area contributed by atoms with Crippen molar-refractivity contribution in [1.29, 1.82) is 0 Å². The number of aromatic nitrogens is 1. The Morgan fingerprint density at radius 1 is 0.971 bits per heavy atom. The lowest BCUT2D eigenvalue weighted by Gasteiger charge is -2.20. The molecule has 0 saturated heterocycles. The van der Waals surface area contributed by atoms with Gasteiger partial charge in [-0.15, -0.1) is 24.8 Å². The van der Waals surface area contributed by atoms with Gasteiger partial charge in [-0.25, -0.2) is 17.6 Å². The van der Waals surface area contributed by atoms with Gasteiger partial charge < -0.3 is 15.8 Å². The molecule has 1 aromatic heterocycles. The van der Waals surface area contributed by atoms with E-state index in [1.54, 1.807) is 0 Å². The minimum Gasteiger partial charge on any atom is -0.487 e. The zero-order chi connectivity index (χ0) is 22.8. The second kappa shape index (κ2) is 11.5. The van der Waals surface area contributed by atoms with Gasteiger partial charge in [0.1, 0.15) is 40.8 Å². The Balaban J connectivity index is 0.00000204. The number of hydrogen-bond donors (Lipinski definition) is 2. The Bertz CT molecular complexity index is 1160. The van der Waals surface area contributed by atoms with Crippen molar-refractivity contribution in [2.24, 2.45) is 5.73 Å². The first-order valence-corrected chi connectivity index (χ1v) is 9.96. The Labute approximate surface area is 205 Å². The average Bonchev–Trinajstić information content (AvgIpc) is 3.16. The van der Waals surface area contributed by atoms with Crippen molar-refractivity contribution < 1.29 is 27.1 Å². The summed E-state index contributed by atoms with van der Waals surface area (Å²) < 4.78 is 63.6. The monoisotopic (exact) mass is 517 g/mol. The van der Waals surface area contributed by atoms with Crippen LogP contribution in [-0.2, 0) is 0 Å². The van der Waals surface area contributed by atoms with Crippen LogP contribution in [0.5, 0.6) is 5.75 Å². The highest BCUT2D eigenvalue weighted by molar-refractivity contribution is 6.06. The lowest BCUT2D eigenvalue weighted by atomic mass is 9.99. The average molecular weight is 518 g/mol. The smallest absolute Gasteiger partial charge is 0.258 e. The van der Waals surface area contributed by atoms with Crippen molar-refractivity contribution in [2.45, 2.75) is 31.4 Å². The van der Waals surface area contributed by atoms with Crippen LogP contribution in [0.2, 0.25) is 0 Å². The molecular formula is C23H21Cl2F4N3O2. The van der Waals surface area contributed by atoms with Gasteiger partial charge in [0.2, 0.25) is 0 Å². The third-order valence-electron chi connectivity index (χ3n) is 5.36. The summed E-state index contributed by atoms with van der Waals surface area (Å²) in [5.41, 5.74) is 3.72. The van der Waals surface area contributed by atoms with E-state index in [1.165, 1.54) is 18.5 Å². The van der Waals surface area contributed by atoms with Crippen molar-refractivity contribution in [3.05, 3.63) is 77.6 Å². The largest absolute Gasteiger partial charge is 0.487 e. The lowest BCUT2D eigenvalue weighted by Crippen LogP contribution is -2.33. The van der Waals surface area contributed by atoms with Crippen LogP contribution in [0.1, 0.15) is 29.6 Å². The molecule has 1 aliphatic carbocycles. The summed E-state index contributed by atoms with van der Waals surface area (Å²) in [6.07, 6.45) is 5.00. The fourth-order valence-electron chi connectivity index (χ4n) is 3.73. The molecule has 0 unspecified atom stereocenters. The van der Waals surface area contributed by atoms with Crippen LogP contribution in [0.4, 0.5) is 23.2 Å². The molecular weight excluding hydrogens is 497 g/mol. The molecule has 11 heteroatoms. The number of ether oxygens (including phenoxy) is 1. The number of rotatable bonds is 5. The highest BCUT2D eigenvalue weighted by atomic mass is 35.5. The minimum absolute atomic E-state index is 0. The van der Waals surface area contributed by atoms with E-state index in [0.29, 0.717) is 5.75 Å². The molecule has 4 rings (SSSR count). The molecule has 1 aliphatic rings. The van der Waals surface area contributed by atoms with E-state index in [-0.39, 0.29) is 42.6 Å². The van der Waals surface area contributed by atoms with Crippen molar-refractivity contribution in [3.63, 3.8) is 0 Å². The summed E-state index contributed by atoms with van der Waals surface area (Å²) in [7, 11) is 0. The first-order chi connectivity index (χ1) is 15.4. The van der Waals surface area contributed by atoms with E-state index in [4.69, 9.17) is 10.5 Å². The van der Waals surface area contributed by atoms with Gasteiger partial charge in [-0.05, 0) is 43.5 Å². The highest BCUT2D eigenvalue weighted by Crippen LogP contribution is 2.33. The molecule has 2 atom stereocenters. The Kier molecular flexibility index (Phi) is 9.26. The van der Waals surface area contributed by atoms with Crippen molar-refractivity contribution in [3.8, 4) is 16.9 Å². The molecule has 34 heavy (non-hydrogen) atoms. The van der Waals surface area contributed by atoms with Crippen LogP contribution >= 0.6 is 24.8 Å². The molecule has 1 amide bonds.